The van der Waals surface area contributed by atoms with Crippen LogP contribution in [-0.2, 0) is 12.0 Å². The third-order valence-corrected chi connectivity index (χ3v) is 12.4. The summed E-state index contributed by atoms with van der Waals surface area (Å²) in [5.74, 6) is 15.8. The van der Waals surface area contributed by atoms with E-state index in [1.807, 2.05) is 111 Å². The number of piperidine rings is 1. The summed E-state index contributed by atoms with van der Waals surface area (Å²) in [7, 11) is 2.37. The fourth-order valence-electron chi connectivity index (χ4n) is 8.09. The van der Waals surface area contributed by atoms with Crippen molar-refractivity contribution in [3.63, 3.8) is 0 Å². The second-order valence-corrected chi connectivity index (χ2v) is 17.3. The molecule has 6 aromatic carbocycles. The first-order valence-electron chi connectivity index (χ1n) is 23.5. The Bertz CT molecular complexity index is 2760. The molecule has 70 heavy (non-hydrogen) atoms. The minimum Gasteiger partial charge on any atom is -0.326 e. The van der Waals surface area contributed by atoms with Gasteiger partial charge in [0.05, 0.1) is 32.1 Å². The number of hydrogen-bond donors (Lipinski definition) is 0. The second kappa shape index (κ2) is 29.2. The maximum absolute atomic E-state index is 5.64. The molecule has 3 heteroatoms. The van der Waals surface area contributed by atoms with Gasteiger partial charge in [0, 0.05) is 45.5 Å². The molecule has 0 bridgehead atoms. The van der Waals surface area contributed by atoms with Crippen molar-refractivity contribution in [2.45, 2.75) is 65.8 Å². The molecule has 2 nitrogen and oxygen atoms in total. The molecule has 0 spiro atoms. The van der Waals surface area contributed by atoms with E-state index in [0.717, 1.165) is 67.7 Å². The first-order valence-corrected chi connectivity index (χ1v) is 23.5. The predicted octanol–water partition coefficient (Wildman–Crippen LogP) is 13.5. The zero-order valence-corrected chi connectivity index (χ0v) is 43.6. The van der Waals surface area contributed by atoms with Gasteiger partial charge in [-0.3, -0.25) is 0 Å². The highest BCUT2D eigenvalue weighted by Crippen LogP contribution is 2.45. The van der Waals surface area contributed by atoms with E-state index in [2.05, 4.69) is 141 Å². The van der Waals surface area contributed by atoms with Crippen LogP contribution in [0, 0.1) is 94.8 Å². The molecule has 0 saturated carbocycles. The molecule has 350 valence electrons. The maximum atomic E-state index is 5.64. The highest BCUT2D eigenvalue weighted by atomic mass is 79.9. The van der Waals surface area contributed by atoms with Crippen molar-refractivity contribution < 1.29 is 9.05 Å². The fraction of sp³-hybridized carbons (Fsp3) is 0.209. The van der Waals surface area contributed by atoms with Crippen LogP contribution < -0.4 is 4.57 Å². The van der Waals surface area contributed by atoms with Gasteiger partial charge >= 0.3 is 0 Å². The third kappa shape index (κ3) is 16.5. The molecule has 0 N–H and O–H groups in total. The number of rotatable bonds is 6. The van der Waals surface area contributed by atoms with E-state index in [1.54, 1.807) is 0 Å². The summed E-state index contributed by atoms with van der Waals surface area (Å²) in [5.41, 5.74) is 12.6. The first kappa shape index (κ1) is 56.6. The van der Waals surface area contributed by atoms with Gasteiger partial charge in [0.25, 0.3) is 0 Å². The summed E-state index contributed by atoms with van der Waals surface area (Å²) >= 11 is 0. The summed E-state index contributed by atoms with van der Waals surface area (Å²) in [5, 5.41) is 0. The number of pyridine rings is 1. The van der Waals surface area contributed by atoms with E-state index in [1.165, 1.54) is 54.5 Å². The lowest BCUT2D eigenvalue weighted by Crippen LogP contribution is -2.47. The van der Waals surface area contributed by atoms with E-state index >= 15 is 0 Å². The van der Waals surface area contributed by atoms with Crippen LogP contribution in [0.4, 0.5) is 0 Å². The Morgan fingerprint density at radius 1 is 0.429 bits per heavy atom. The second-order valence-electron chi connectivity index (χ2n) is 17.3. The fourth-order valence-corrected chi connectivity index (χ4v) is 8.09. The molecular weight excluding hydrogens is 913 g/mol. The molecule has 1 fully saturated rings. The van der Waals surface area contributed by atoms with E-state index in [4.69, 9.17) is 38.5 Å². The molecule has 0 aliphatic carbocycles. The number of nitrogens with zero attached hydrogens (tertiary/aromatic N) is 2. The molecule has 1 saturated heterocycles. The lowest BCUT2D eigenvalue weighted by molar-refractivity contribution is -0.912. The molecule has 1 aliphatic heterocycles. The van der Waals surface area contributed by atoms with Crippen LogP contribution in [0.25, 0.3) is 0 Å². The van der Waals surface area contributed by atoms with Gasteiger partial charge in [0.15, 0.2) is 12.4 Å². The minimum atomic E-state index is -0.568. The zero-order chi connectivity index (χ0) is 50.1. The maximum Gasteiger partial charge on any atom is 0.168 e. The van der Waals surface area contributed by atoms with Gasteiger partial charge in [-0.1, -0.05) is 126 Å². The van der Waals surface area contributed by atoms with E-state index < -0.39 is 5.41 Å². The van der Waals surface area contributed by atoms with Gasteiger partial charge in [-0.25, -0.2) is 4.57 Å². The van der Waals surface area contributed by atoms with Gasteiger partial charge in [-0.05, 0) is 148 Å². The number of aryl methyl sites for hydroxylation is 4. The minimum absolute atomic E-state index is 0. The average Bonchev–Trinajstić information content (AvgIpc) is 3.41. The number of hydrogen-bond acceptors (Lipinski definition) is 0. The SMILES string of the molecule is Br.C#Cc1cc(C)cc(C#C)c1.C#Cc1ccc(C(c2ccc(C)cc2)(c2ccc(C#C)cc2)c2ccc(C#C)cc2)cc1.C#Cc1ccc(C)cc1.CC[N+]1(C)CCCCC1.CC[n+]1ccccc1. The lowest BCUT2D eigenvalue weighted by atomic mass is 9.65. The van der Waals surface area contributed by atoms with Crippen molar-refractivity contribution >= 4 is 17.0 Å². The van der Waals surface area contributed by atoms with E-state index in [-0.39, 0.29) is 17.0 Å². The molecule has 1 aromatic heterocycles. The van der Waals surface area contributed by atoms with Crippen molar-refractivity contribution in [1.82, 2.24) is 0 Å². The highest BCUT2D eigenvalue weighted by molar-refractivity contribution is 8.93. The zero-order valence-electron chi connectivity index (χ0n) is 41.9. The summed E-state index contributed by atoms with van der Waals surface area (Å²) in [4.78, 5) is 0. The lowest BCUT2D eigenvalue weighted by Gasteiger charge is -2.37. The van der Waals surface area contributed by atoms with Crippen LogP contribution in [-0.4, -0.2) is 31.2 Å². The predicted molar refractivity (Wildman–Crippen MR) is 302 cm³/mol. The molecular formula is C67H67BrN2+2. The van der Waals surface area contributed by atoms with Crippen molar-refractivity contribution in [3.05, 3.63) is 242 Å². The number of benzene rings is 6. The first-order chi connectivity index (χ1) is 33.4. The summed E-state index contributed by atoms with van der Waals surface area (Å²) in [6, 6.07) is 52.9. The number of halogens is 1. The van der Waals surface area contributed by atoms with E-state index in [9.17, 15) is 0 Å². The Morgan fingerprint density at radius 2 is 0.743 bits per heavy atom. The smallest absolute Gasteiger partial charge is 0.168 e. The van der Waals surface area contributed by atoms with E-state index in [0.29, 0.717) is 0 Å². The van der Waals surface area contributed by atoms with Gasteiger partial charge < -0.3 is 4.48 Å². The summed E-state index contributed by atoms with van der Waals surface area (Å²) in [6.45, 7) is 15.7. The summed E-state index contributed by atoms with van der Waals surface area (Å²) in [6.07, 6.45) is 41.0. The molecule has 0 amide bonds. The molecule has 0 radical (unpaired) electrons. The van der Waals surface area contributed by atoms with Crippen LogP contribution in [0.15, 0.2) is 170 Å². The van der Waals surface area contributed by atoms with Crippen molar-refractivity contribution in [2.75, 3.05) is 26.7 Å². The standard InChI is InChI=1S/C32H22.C11H8.C9H8.C8H18N.C7H10N.BrH/c1-5-25-10-18-29(19-11-25)32(28-16-8-24(4)9-17-28,30-20-12-26(6-2)13-21-30)31-22-14-27(7-3)15-23-31;1-4-10-6-9(3)7-11(5-2)8-10;1-3-9-6-4-8(2)5-7-9;1-3-9(2)7-5-4-6-8-9;1-2-8-6-4-3-5-7-8;/h1-3,8-23H,4H3;1-2,6-8H,3H3;1,4-7H,2H3;3-8H2,1-2H3;3-7H,2H2,1H3;1H/q;;;2*+1;. The molecule has 0 atom stereocenters. The molecule has 7 aromatic rings. The normalized spacial score (nSPS) is 11.6. The molecule has 8 rings (SSSR count). The molecule has 0 unspecified atom stereocenters. The Morgan fingerprint density at radius 3 is 1.03 bits per heavy atom. The van der Waals surface area contributed by atoms with Crippen molar-refractivity contribution in [1.29, 1.82) is 0 Å². The van der Waals surface area contributed by atoms with Crippen LogP contribution >= 0.6 is 17.0 Å². The summed E-state index contributed by atoms with van der Waals surface area (Å²) < 4.78 is 3.44. The number of likely N-dealkylation sites (tertiary alicyclic amines) is 1. The third-order valence-electron chi connectivity index (χ3n) is 12.4. The highest BCUT2D eigenvalue weighted by Gasteiger charge is 2.38. The monoisotopic (exact) mass is 978 g/mol. The Kier molecular flexibility index (Phi) is 23.6. The van der Waals surface area contributed by atoms with Crippen LogP contribution in [0.2, 0.25) is 0 Å². The number of quaternary nitrogens is 1. The van der Waals surface area contributed by atoms with Crippen LogP contribution in [0.5, 0.6) is 0 Å². The molecule has 2 heterocycles. The number of aromatic nitrogens is 1. The van der Waals surface area contributed by atoms with Gasteiger partial charge in [0.2, 0.25) is 0 Å². The van der Waals surface area contributed by atoms with Crippen molar-refractivity contribution in [3.8, 4) is 74.1 Å². The average molecular weight is 980 g/mol. The largest absolute Gasteiger partial charge is 0.326 e. The Balaban J connectivity index is 0.000000276. The van der Waals surface area contributed by atoms with Crippen molar-refractivity contribution in [2.24, 2.45) is 0 Å². The Labute approximate surface area is 432 Å². The van der Waals surface area contributed by atoms with Crippen LogP contribution in [0.3, 0.4) is 0 Å². The topological polar surface area (TPSA) is 3.88 Å². The van der Waals surface area contributed by atoms with Crippen LogP contribution in [0.1, 0.15) is 105 Å². The van der Waals surface area contributed by atoms with Gasteiger partial charge in [0.1, 0.15) is 6.54 Å². The Hall–Kier alpha value is -7.73. The number of terminal acetylenes is 6. The van der Waals surface area contributed by atoms with Gasteiger partial charge in [-0.2, -0.15) is 0 Å². The molecule has 1 aliphatic rings. The van der Waals surface area contributed by atoms with Gasteiger partial charge in [-0.15, -0.1) is 55.5 Å². The quantitative estimate of drug-likeness (QED) is 0.0677.